The highest BCUT2D eigenvalue weighted by Gasteiger charge is 2.09. The second kappa shape index (κ2) is 4.14. The van der Waals surface area contributed by atoms with Gasteiger partial charge in [-0.1, -0.05) is 0 Å². The van der Waals surface area contributed by atoms with Crippen molar-refractivity contribution in [2.45, 2.75) is 0 Å². The Bertz CT molecular complexity index is 689. The fourth-order valence-electron chi connectivity index (χ4n) is 1.95. The van der Waals surface area contributed by atoms with E-state index in [9.17, 15) is 4.39 Å². The molecule has 90 valence electrons. The molecule has 1 aromatic heterocycles. The van der Waals surface area contributed by atoms with Crippen molar-refractivity contribution < 1.29 is 9.13 Å². The van der Waals surface area contributed by atoms with E-state index in [1.807, 2.05) is 18.2 Å². The molecule has 0 amide bonds. The van der Waals surface area contributed by atoms with Gasteiger partial charge in [0.15, 0.2) is 0 Å². The van der Waals surface area contributed by atoms with Gasteiger partial charge in [-0.2, -0.15) is 5.10 Å². The Hall–Kier alpha value is -2.36. The maximum atomic E-state index is 12.9. The highest BCUT2D eigenvalue weighted by atomic mass is 19.1. The van der Waals surface area contributed by atoms with Gasteiger partial charge in [0.1, 0.15) is 17.3 Å². The first kappa shape index (κ1) is 10.8. The second-order valence-electron chi connectivity index (χ2n) is 3.99. The number of hydrogen-bond acceptors (Lipinski definition) is 2. The molecule has 2 aromatic carbocycles. The Kier molecular flexibility index (Phi) is 2.48. The molecule has 0 aliphatic carbocycles. The predicted molar refractivity (Wildman–Crippen MR) is 68.0 cm³/mol. The molecule has 0 saturated carbocycles. The molecule has 0 aliphatic heterocycles. The SMILES string of the molecule is COc1ccc2[nH]nc(-c3ccc(F)cc3)c2c1. The highest BCUT2D eigenvalue weighted by Crippen LogP contribution is 2.29. The molecule has 18 heavy (non-hydrogen) atoms. The molecule has 0 unspecified atom stereocenters. The van der Waals surface area contributed by atoms with Crippen LogP contribution in [0.3, 0.4) is 0 Å². The van der Waals surface area contributed by atoms with Gasteiger partial charge < -0.3 is 4.74 Å². The molecule has 0 aliphatic rings. The third kappa shape index (κ3) is 1.72. The summed E-state index contributed by atoms with van der Waals surface area (Å²) in [6, 6.07) is 12.0. The standard InChI is InChI=1S/C14H11FN2O/c1-18-11-6-7-13-12(8-11)14(17-16-13)9-2-4-10(15)5-3-9/h2-8H,1H3,(H,16,17). The smallest absolute Gasteiger partial charge is 0.123 e. The third-order valence-electron chi connectivity index (χ3n) is 2.89. The van der Waals surface area contributed by atoms with Crippen LogP contribution in [0.25, 0.3) is 22.2 Å². The fourth-order valence-corrected chi connectivity index (χ4v) is 1.95. The van der Waals surface area contributed by atoms with Crippen molar-refractivity contribution in [1.82, 2.24) is 10.2 Å². The molecule has 4 heteroatoms. The summed E-state index contributed by atoms with van der Waals surface area (Å²) < 4.78 is 18.1. The Morgan fingerprint density at radius 3 is 2.61 bits per heavy atom. The minimum Gasteiger partial charge on any atom is -0.497 e. The van der Waals surface area contributed by atoms with Gasteiger partial charge in [-0.25, -0.2) is 4.39 Å². The zero-order valence-corrected chi connectivity index (χ0v) is 9.77. The summed E-state index contributed by atoms with van der Waals surface area (Å²) in [6.45, 7) is 0. The van der Waals surface area contributed by atoms with Gasteiger partial charge in [0.2, 0.25) is 0 Å². The van der Waals surface area contributed by atoms with Crippen LogP contribution in [0.1, 0.15) is 0 Å². The third-order valence-corrected chi connectivity index (χ3v) is 2.89. The number of ether oxygens (including phenoxy) is 1. The van der Waals surface area contributed by atoms with E-state index in [0.717, 1.165) is 27.9 Å². The Labute approximate surface area is 103 Å². The largest absolute Gasteiger partial charge is 0.497 e. The van der Waals surface area contributed by atoms with Crippen LogP contribution in [0.4, 0.5) is 4.39 Å². The number of nitrogens with one attached hydrogen (secondary N) is 1. The number of aromatic nitrogens is 2. The fraction of sp³-hybridized carbons (Fsp3) is 0.0714. The number of fused-ring (bicyclic) bond motifs is 1. The number of aromatic amines is 1. The van der Waals surface area contributed by atoms with Gasteiger partial charge in [-0.3, -0.25) is 5.10 Å². The Balaban J connectivity index is 2.19. The maximum Gasteiger partial charge on any atom is 0.123 e. The van der Waals surface area contributed by atoms with E-state index in [-0.39, 0.29) is 5.82 Å². The number of benzene rings is 2. The summed E-state index contributed by atoms with van der Waals surface area (Å²) >= 11 is 0. The summed E-state index contributed by atoms with van der Waals surface area (Å²) in [5.41, 5.74) is 2.59. The number of nitrogens with zero attached hydrogens (tertiary/aromatic N) is 1. The molecule has 1 heterocycles. The van der Waals surface area contributed by atoms with Crippen molar-refractivity contribution in [2.24, 2.45) is 0 Å². The molecule has 3 rings (SSSR count). The molecule has 0 bridgehead atoms. The molecule has 3 aromatic rings. The van der Waals surface area contributed by atoms with Crippen LogP contribution < -0.4 is 4.74 Å². The lowest BCUT2D eigenvalue weighted by molar-refractivity contribution is 0.415. The van der Waals surface area contributed by atoms with Gasteiger partial charge >= 0.3 is 0 Å². The van der Waals surface area contributed by atoms with Crippen molar-refractivity contribution in [3.8, 4) is 17.0 Å². The molecule has 0 fully saturated rings. The van der Waals surface area contributed by atoms with Gasteiger partial charge in [-0.05, 0) is 42.5 Å². The van der Waals surface area contributed by atoms with Crippen molar-refractivity contribution in [3.63, 3.8) is 0 Å². The van der Waals surface area contributed by atoms with Crippen LogP contribution >= 0.6 is 0 Å². The molecule has 1 N–H and O–H groups in total. The summed E-state index contributed by atoms with van der Waals surface area (Å²) in [6.07, 6.45) is 0. The lowest BCUT2D eigenvalue weighted by atomic mass is 10.1. The number of hydrogen-bond donors (Lipinski definition) is 1. The van der Waals surface area contributed by atoms with E-state index in [0.29, 0.717) is 0 Å². The molecule has 0 saturated heterocycles. The van der Waals surface area contributed by atoms with Crippen LogP contribution in [0, 0.1) is 5.82 Å². The molecule has 0 radical (unpaired) electrons. The molecule has 0 atom stereocenters. The number of halogens is 1. The second-order valence-corrected chi connectivity index (χ2v) is 3.99. The molecular weight excluding hydrogens is 231 g/mol. The van der Waals surface area contributed by atoms with Gasteiger partial charge in [0.25, 0.3) is 0 Å². The summed E-state index contributed by atoms with van der Waals surface area (Å²) in [7, 11) is 1.62. The van der Waals surface area contributed by atoms with E-state index in [4.69, 9.17) is 4.74 Å². The molecule has 3 nitrogen and oxygen atoms in total. The Morgan fingerprint density at radius 2 is 1.89 bits per heavy atom. The van der Waals surface area contributed by atoms with Crippen LogP contribution in [-0.4, -0.2) is 17.3 Å². The van der Waals surface area contributed by atoms with Gasteiger partial charge in [-0.15, -0.1) is 0 Å². The Morgan fingerprint density at radius 1 is 1.11 bits per heavy atom. The monoisotopic (exact) mass is 242 g/mol. The molecule has 0 spiro atoms. The van der Waals surface area contributed by atoms with E-state index in [2.05, 4.69) is 10.2 Å². The topological polar surface area (TPSA) is 37.9 Å². The minimum atomic E-state index is -0.254. The van der Waals surface area contributed by atoms with Gasteiger partial charge in [0, 0.05) is 10.9 Å². The first-order valence-corrected chi connectivity index (χ1v) is 5.56. The lowest BCUT2D eigenvalue weighted by Gasteiger charge is -2.01. The van der Waals surface area contributed by atoms with Crippen LogP contribution in [-0.2, 0) is 0 Å². The summed E-state index contributed by atoms with van der Waals surface area (Å²) in [5.74, 6) is 0.517. The van der Waals surface area contributed by atoms with E-state index in [1.54, 1.807) is 19.2 Å². The van der Waals surface area contributed by atoms with Crippen molar-refractivity contribution in [3.05, 3.63) is 48.3 Å². The van der Waals surface area contributed by atoms with Crippen LogP contribution in [0.15, 0.2) is 42.5 Å². The summed E-state index contributed by atoms with van der Waals surface area (Å²) in [5, 5.41) is 8.18. The number of H-pyrrole nitrogens is 1. The normalized spacial score (nSPS) is 10.8. The van der Waals surface area contributed by atoms with Crippen LogP contribution in [0.2, 0.25) is 0 Å². The van der Waals surface area contributed by atoms with E-state index in [1.165, 1.54) is 12.1 Å². The first-order valence-electron chi connectivity index (χ1n) is 5.56. The molecular formula is C14H11FN2O. The van der Waals surface area contributed by atoms with E-state index < -0.39 is 0 Å². The van der Waals surface area contributed by atoms with Crippen LogP contribution in [0.5, 0.6) is 5.75 Å². The van der Waals surface area contributed by atoms with E-state index >= 15 is 0 Å². The quantitative estimate of drug-likeness (QED) is 0.748. The van der Waals surface area contributed by atoms with Crippen molar-refractivity contribution >= 4 is 10.9 Å². The van der Waals surface area contributed by atoms with Gasteiger partial charge in [0.05, 0.1) is 12.6 Å². The first-order chi connectivity index (χ1) is 8.78. The number of methoxy groups -OCH3 is 1. The lowest BCUT2D eigenvalue weighted by Crippen LogP contribution is -1.82. The predicted octanol–water partition coefficient (Wildman–Crippen LogP) is 3.38. The highest BCUT2D eigenvalue weighted by molar-refractivity contribution is 5.93. The zero-order valence-electron chi connectivity index (χ0n) is 9.77. The number of rotatable bonds is 2. The zero-order chi connectivity index (χ0) is 12.5. The maximum absolute atomic E-state index is 12.9. The average molecular weight is 242 g/mol. The van der Waals surface area contributed by atoms with Crippen molar-refractivity contribution in [1.29, 1.82) is 0 Å². The van der Waals surface area contributed by atoms with Crippen molar-refractivity contribution in [2.75, 3.05) is 7.11 Å². The average Bonchev–Trinajstić information content (AvgIpc) is 2.82. The summed E-state index contributed by atoms with van der Waals surface area (Å²) in [4.78, 5) is 0. The minimum absolute atomic E-state index is 0.254.